The van der Waals surface area contributed by atoms with Crippen molar-refractivity contribution in [2.75, 3.05) is 13.7 Å². The first-order valence-corrected chi connectivity index (χ1v) is 11.5. The molecule has 0 spiro atoms. The average Bonchev–Trinajstić information content (AvgIpc) is 3.43. The number of aromatic nitrogens is 2. The highest BCUT2D eigenvalue weighted by Gasteiger charge is 2.46. The van der Waals surface area contributed by atoms with Crippen LogP contribution in [0.5, 0.6) is 11.5 Å². The summed E-state index contributed by atoms with van der Waals surface area (Å²) in [6.45, 7) is 4.37. The van der Waals surface area contributed by atoms with Gasteiger partial charge < -0.3 is 23.8 Å². The van der Waals surface area contributed by atoms with Gasteiger partial charge in [0.1, 0.15) is 11.5 Å². The monoisotopic (exact) mass is 498 g/mol. The maximum atomic E-state index is 12.7. The molecule has 36 heavy (non-hydrogen) atoms. The van der Waals surface area contributed by atoms with Gasteiger partial charge in [-0.2, -0.15) is 0 Å². The maximum Gasteiger partial charge on any atom is 0.573 e. The van der Waals surface area contributed by atoms with Crippen LogP contribution in [0.1, 0.15) is 36.6 Å². The number of methoxy groups -OCH3 is 1. The number of oxime groups is 1. The van der Waals surface area contributed by atoms with Gasteiger partial charge in [-0.25, -0.2) is 4.98 Å². The smallest absolute Gasteiger partial charge is 0.495 e. The molecule has 0 aliphatic carbocycles. The molecule has 10 heteroatoms. The third kappa shape index (κ3) is 4.50. The predicted octanol–water partition coefficient (Wildman–Crippen LogP) is 5.78. The number of ether oxygens (including phenoxy) is 2. The lowest BCUT2D eigenvalue weighted by Crippen LogP contribution is -2.47. The van der Waals surface area contributed by atoms with Crippen molar-refractivity contribution in [1.29, 1.82) is 0 Å². The van der Waals surface area contributed by atoms with Gasteiger partial charge in [-0.15, -0.1) is 13.2 Å². The molecule has 0 radical (unpaired) electrons. The number of aryl methyl sites for hydroxylation is 1. The number of nitrogens with zero attached hydrogens (tertiary/aromatic N) is 4. The highest BCUT2D eigenvalue weighted by Crippen LogP contribution is 2.41. The molecule has 5 rings (SSSR count). The van der Waals surface area contributed by atoms with Crippen molar-refractivity contribution in [3.63, 3.8) is 0 Å². The van der Waals surface area contributed by atoms with Crippen LogP contribution in [-0.2, 0) is 10.6 Å². The van der Waals surface area contributed by atoms with Gasteiger partial charge in [-0.05, 0) is 61.2 Å². The van der Waals surface area contributed by atoms with Gasteiger partial charge in [-0.1, -0.05) is 23.4 Å². The number of piperidine rings is 1. The van der Waals surface area contributed by atoms with E-state index in [1.54, 1.807) is 26.4 Å². The number of hydrogen-bond donors (Lipinski definition) is 0. The van der Waals surface area contributed by atoms with Gasteiger partial charge in [0.2, 0.25) is 5.72 Å². The Labute approximate surface area is 206 Å². The van der Waals surface area contributed by atoms with E-state index in [2.05, 4.69) is 14.9 Å². The summed E-state index contributed by atoms with van der Waals surface area (Å²) >= 11 is 0. The molecule has 1 unspecified atom stereocenters. The quantitative estimate of drug-likeness (QED) is 0.446. The standard InChI is InChI=1S/C26H25F3N4O3/c1-17-15-32(16-30-17)22-10-9-18(13-23(22)34-3)12-19-6-5-11-33-24(19)31-36-25(33,2)20-7-4-8-21(14-20)35-26(27,28)29/h4,7-10,12-16H,5-6,11H2,1-3H3/b19-12+. The lowest BCUT2D eigenvalue weighted by atomic mass is 9.95. The number of rotatable bonds is 5. The van der Waals surface area contributed by atoms with Crippen LogP contribution in [0, 0.1) is 6.92 Å². The fourth-order valence-corrected chi connectivity index (χ4v) is 4.60. The van der Waals surface area contributed by atoms with Crippen LogP contribution < -0.4 is 9.47 Å². The van der Waals surface area contributed by atoms with Gasteiger partial charge in [0.25, 0.3) is 0 Å². The van der Waals surface area contributed by atoms with Crippen LogP contribution in [0.2, 0.25) is 0 Å². The van der Waals surface area contributed by atoms with Gasteiger partial charge in [0, 0.05) is 25.2 Å². The summed E-state index contributed by atoms with van der Waals surface area (Å²) in [6, 6.07) is 11.7. The fourth-order valence-electron chi connectivity index (χ4n) is 4.60. The topological polar surface area (TPSA) is 61.1 Å². The van der Waals surface area contributed by atoms with E-state index in [1.165, 1.54) is 18.2 Å². The van der Waals surface area contributed by atoms with Crippen molar-refractivity contribution in [2.24, 2.45) is 5.16 Å². The van der Waals surface area contributed by atoms with Crippen LogP contribution in [0.15, 0.2) is 65.7 Å². The van der Waals surface area contributed by atoms with E-state index in [0.29, 0.717) is 23.7 Å². The largest absolute Gasteiger partial charge is 0.573 e. The Hall–Kier alpha value is -3.95. The first-order chi connectivity index (χ1) is 17.2. The zero-order chi connectivity index (χ0) is 25.5. The SMILES string of the molecule is COc1cc(/C=C2\CCCN3C2=NOC3(C)c2cccc(OC(F)(F)F)c2)ccc1-n1cnc(C)c1. The van der Waals surface area contributed by atoms with Crippen molar-refractivity contribution in [2.45, 2.75) is 38.8 Å². The second-order valence-corrected chi connectivity index (χ2v) is 8.84. The van der Waals surface area contributed by atoms with E-state index in [-0.39, 0.29) is 5.75 Å². The third-order valence-corrected chi connectivity index (χ3v) is 6.33. The Bertz CT molecular complexity index is 1350. The zero-order valence-electron chi connectivity index (χ0n) is 20.0. The molecule has 2 aromatic carbocycles. The average molecular weight is 499 g/mol. The first-order valence-electron chi connectivity index (χ1n) is 11.5. The highest BCUT2D eigenvalue weighted by molar-refractivity contribution is 6.03. The molecule has 0 N–H and O–H groups in total. The molecule has 2 aliphatic rings. The minimum absolute atomic E-state index is 0.300. The third-order valence-electron chi connectivity index (χ3n) is 6.33. The lowest BCUT2D eigenvalue weighted by molar-refractivity contribution is -0.274. The Morgan fingerprint density at radius 1 is 1.17 bits per heavy atom. The summed E-state index contributed by atoms with van der Waals surface area (Å²) in [5.74, 6) is 1.07. The molecule has 0 bridgehead atoms. The highest BCUT2D eigenvalue weighted by atomic mass is 19.4. The zero-order valence-corrected chi connectivity index (χ0v) is 20.0. The van der Waals surface area contributed by atoms with Crippen molar-refractivity contribution in [3.8, 4) is 17.2 Å². The molecular weight excluding hydrogens is 473 g/mol. The van der Waals surface area contributed by atoms with Gasteiger partial charge in [0.15, 0.2) is 5.84 Å². The van der Waals surface area contributed by atoms with Crippen LogP contribution in [0.25, 0.3) is 11.8 Å². The van der Waals surface area contributed by atoms with Crippen LogP contribution in [-0.4, -0.2) is 40.3 Å². The Morgan fingerprint density at radius 3 is 2.72 bits per heavy atom. The number of amidine groups is 1. The normalized spacial score (nSPS) is 20.7. The minimum Gasteiger partial charge on any atom is -0.495 e. The molecule has 2 aliphatic heterocycles. The molecule has 0 saturated carbocycles. The summed E-state index contributed by atoms with van der Waals surface area (Å²) < 4.78 is 49.9. The van der Waals surface area contributed by atoms with Gasteiger partial charge in [0.05, 0.1) is 24.8 Å². The second-order valence-electron chi connectivity index (χ2n) is 8.84. The molecule has 1 aromatic heterocycles. The number of alkyl halides is 3. The van der Waals surface area contributed by atoms with E-state index in [9.17, 15) is 13.2 Å². The molecule has 7 nitrogen and oxygen atoms in total. The van der Waals surface area contributed by atoms with Gasteiger partial charge >= 0.3 is 6.36 Å². The van der Waals surface area contributed by atoms with Gasteiger partial charge in [-0.3, -0.25) is 0 Å². The molecule has 1 atom stereocenters. The molecule has 188 valence electrons. The number of benzene rings is 2. The number of fused-ring (bicyclic) bond motifs is 1. The predicted molar refractivity (Wildman–Crippen MR) is 128 cm³/mol. The Balaban J connectivity index is 1.43. The molecular formula is C26H25F3N4O3. The summed E-state index contributed by atoms with van der Waals surface area (Å²) in [4.78, 5) is 12.1. The van der Waals surface area contributed by atoms with E-state index in [4.69, 9.17) is 9.57 Å². The van der Waals surface area contributed by atoms with Crippen LogP contribution in [0.4, 0.5) is 13.2 Å². The van der Waals surface area contributed by atoms with Crippen LogP contribution in [0.3, 0.4) is 0 Å². The summed E-state index contributed by atoms with van der Waals surface area (Å²) in [5.41, 5.74) is 3.15. The van der Waals surface area contributed by atoms with Crippen molar-refractivity contribution in [3.05, 3.63) is 77.4 Å². The number of imidazole rings is 1. The van der Waals surface area contributed by atoms with Crippen molar-refractivity contribution in [1.82, 2.24) is 14.5 Å². The van der Waals surface area contributed by atoms with E-state index in [1.807, 2.05) is 46.9 Å². The molecule has 1 fully saturated rings. The van der Waals surface area contributed by atoms with E-state index < -0.39 is 12.1 Å². The minimum atomic E-state index is -4.77. The van der Waals surface area contributed by atoms with Crippen molar-refractivity contribution < 1.29 is 27.5 Å². The van der Waals surface area contributed by atoms with E-state index in [0.717, 1.165) is 35.4 Å². The van der Waals surface area contributed by atoms with E-state index >= 15 is 0 Å². The molecule has 3 heterocycles. The first kappa shape index (κ1) is 23.8. The fraction of sp³-hybridized carbons (Fsp3) is 0.308. The molecule has 3 aromatic rings. The number of halogens is 3. The summed E-state index contributed by atoms with van der Waals surface area (Å²) in [6.07, 6.45) is 2.56. The lowest BCUT2D eigenvalue weighted by Gasteiger charge is -2.37. The van der Waals surface area contributed by atoms with Crippen LogP contribution >= 0.6 is 0 Å². The second kappa shape index (κ2) is 8.92. The summed E-state index contributed by atoms with van der Waals surface area (Å²) in [5, 5.41) is 4.35. The van der Waals surface area contributed by atoms with Crippen molar-refractivity contribution >= 4 is 11.9 Å². The Morgan fingerprint density at radius 2 is 2.00 bits per heavy atom. The summed E-state index contributed by atoms with van der Waals surface area (Å²) in [7, 11) is 1.62. The maximum absolute atomic E-state index is 12.7. The number of hydrogen-bond acceptors (Lipinski definition) is 6. The molecule has 0 amide bonds. The Kier molecular flexibility index (Phi) is 5.89. The molecule has 1 saturated heterocycles.